The molecule has 0 aromatic heterocycles. The van der Waals surface area contributed by atoms with E-state index in [1.807, 2.05) is 0 Å². The fraction of sp³-hybridized carbons (Fsp3) is 0.154. The summed E-state index contributed by atoms with van der Waals surface area (Å²) in [6, 6.07) is 11.1. The van der Waals surface area contributed by atoms with Crippen LogP contribution in [0.1, 0.15) is 0 Å². The van der Waals surface area contributed by atoms with Crippen LogP contribution < -0.4 is 140 Å². The molecule has 0 fully saturated rings. The first-order valence-corrected chi connectivity index (χ1v) is 21.1. The molecule has 3 N–H and O–H groups in total. The number of hydrogen-bond acceptors (Lipinski definition) is 27. The fourth-order valence-electron chi connectivity index (χ4n) is 4.31. The summed E-state index contributed by atoms with van der Waals surface area (Å²) in [4.78, 5) is -1.71. The van der Waals surface area contributed by atoms with Crippen LogP contribution in [0.15, 0.2) is 101 Å². The molecular formula is C26H21N5Na4O19S6. The number of nitrogens with two attached hydrogens (primary N) is 1. The number of benzene rings is 4. The van der Waals surface area contributed by atoms with Crippen molar-refractivity contribution in [1.29, 1.82) is 0 Å². The van der Waals surface area contributed by atoms with Crippen molar-refractivity contribution >= 4 is 106 Å². The Labute approximate surface area is 442 Å². The second-order valence-electron chi connectivity index (χ2n) is 10.1. The van der Waals surface area contributed by atoms with Gasteiger partial charge in [0.15, 0.2) is 50.1 Å². The number of fused-ring (bicyclic) bond motifs is 1. The Hall–Kier alpha value is 0.360. The van der Waals surface area contributed by atoms with Crippen LogP contribution in [0.2, 0.25) is 0 Å². The van der Waals surface area contributed by atoms with E-state index in [1.165, 1.54) is 42.5 Å². The standard InChI is InChI=1S/C26H25N5O19S6.4Na/c27-20-7-6-18-19(24(20)30-29-21-13-17(5-8-23(21)56(40,41)42)55(38,39)12-10-44-53-50-47-35)14-22(51-48-45-33)25(26(18)32)31-28-15-1-3-16(4-2-15)54(36,37)11-9-43-52-49-46-34;;;;/h1-8,13-14,32-35H,9-12,27H2,(H,40,41,42);;;;/q;4*+1/p-4. The number of anilines is 1. The normalized spacial score (nSPS) is 11.9. The average Bonchev–Trinajstić information content (AvgIpc) is 3.15. The van der Waals surface area contributed by atoms with E-state index in [-0.39, 0.29) is 205 Å². The Morgan fingerprint density at radius 2 is 1.17 bits per heavy atom. The van der Waals surface area contributed by atoms with Crippen LogP contribution in [0, 0.1) is 0 Å². The Bertz CT molecular complexity index is 2410. The zero-order valence-corrected chi connectivity index (χ0v) is 44.1. The van der Waals surface area contributed by atoms with Crippen LogP contribution in [0.3, 0.4) is 0 Å². The number of sulfone groups is 2. The predicted molar refractivity (Wildman–Crippen MR) is 183 cm³/mol. The molecule has 4 aromatic rings. The van der Waals surface area contributed by atoms with E-state index >= 15 is 0 Å². The summed E-state index contributed by atoms with van der Waals surface area (Å²) < 4.78 is 109. The van der Waals surface area contributed by atoms with E-state index in [0.717, 1.165) is 12.1 Å². The fourth-order valence-corrected chi connectivity index (χ4v) is 8.21. The maximum Gasteiger partial charge on any atom is 1.00 e. The van der Waals surface area contributed by atoms with Gasteiger partial charge in [-0.25, -0.2) is 25.3 Å². The first-order chi connectivity index (χ1) is 26.6. The Morgan fingerprint density at radius 3 is 1.72 bits per heavy atom. The summed E-state index contributed by atoms with van der Waals surface area (Å²) in [5, 5.41) is 66.9. The van der Waals surface area contributed by atoms with Crippen molar-refractivity contribution in [3.05, 3.63) is 60.7 Å². The van der Waals surface area contributed by atoms with Gasteiger partial charge in [-0.3, -0.25) is 23.5 Å². The summed E-state index contributed by atoms with van der Waals surface area (Å²) in [5.41, 5.74) is 4.86. The van der Waals surface area contributed by atoms with Gasteiger partial charge in [0.2, 0.25) is 0 Å². The molecule has 0 spiro atoms. The van der Waals surface area contributed by atoms with E-state index in [4.69, 9.17) is 14.1 Å². The van der Waals surface area contributed by atoms with Gasteiger partial charge in [0.25, 0.3) is 0 Å². The first kappa shape index (κ1) is 60.4. The molecule has 0 heterocycles. The van der Waals surface area contributed by atoms with Crippen molar-refractivity contribution in [3.8, 4) is 5.75 Å². The molecule has 0 saturated heterocycles. The summed E-state index contributed by atoms with van der Waals surface area (Å²) in [6.45, 7) is -0.861. The molecule has 24 nitrogen and oxygen atoms in total. The van der Waals surface area contributed by atoms with Crippen LogP contribution in [0.25, 0.3) is 10.8 Å². The molecule has 0 saturated carbocycles. The van der Waals surface area contributed by atoms with E-state index in [1.54, 1.807) is 0 Å². The van der Waals surface area contributed by atoms with Gasteiger partial charge in [-0.05, 0) is 60.7 Å². The second kappa shape index (κ2) is 29.1. The van der Waals surface area contributed by atoms with Gasteiger partial charge >= 0.3 is 118 Å². The van der Waals surface area contributed by atoms with Crippen LogP contribution in [0.4, 0.5) is 28.4 Å². The SMILES string of the molecule is Nc1ccc2c(O)c(N=Nc3ccc(S(=O)(=O)CCOSOO[O-])cc3)c(SOO[O-])cc2c1N=Nc1cc(S(=O)(=O)CCOSOO[O-])ccc1S(=O)(=O)[O-].[Na+].[Na+].[Na+].[Na+]. The molecule has 304 valence electrons. The third kappa shape index (κ3) is 17.6. The van der Waals surface area contributed by atoms with E-state index < -0.39 is 69.1 Å². The van der Waals surface area contributed by atoms with Crippen molar-refractivity contribution in [2.45, 2.75) is 19.6 Å². The molecule has 0 aliphatic carbocycles. The van der Waals surface area contributed by atoms with Gasteiger partial charge in [-0.15, -0.1) is 24.0 Å². The van der Waals surface area contributed by atoms with E-state index in [2.05, 4.69) is 48.6 Å². The molecule has 4 rings (SSSR count). The van der Waals surface area contributed by atoms with Gasteiger partial charge in [-0.2, -0.15) is 9.45 Å². The third-order valence-corrected chi connectivity index (χ3v) is 12.4. The van der Waals surface area contributed by atoms with Crippen molar-refractivity contribution in [1.82, 2.24) is 0 Å². The minimum Gasteiger partial charge on any atom is -0.744 e. The predicted octanol–water partition coefficient (Wildman–Crippen LogP) is -9.74. The minimum atomic E-state index is -5.25. The second-order valence-corrected chi connectivity index (χ2v) is 17.4. The molecule has 0 radical (unpaired) electrons. The van der Waals surface area contributed by atoms with Crippen molar-refractivity contribution in [2.24, 2.45) is 20.5 Å². The van der Waals surface area contributed by atoms with E-state index in [0.29, 0.717) is 6.07 Å². The molecule has 4 aromatic carbocycles. The van der Waals surface area contributed by atoms with Gasteiger partial charge in [0.1, 0.15) is 27.2 Å². The molecule has 0 aliphatic heterocycles. The monoisotopic (exact) mass is 991 g/mol. The number of azo groups is 2. The van der Waals surface area contributed by atoms with E-state index in [9.17, 15) is 50.7 Å². The molecule has 0 amide bonds. The number of nitrogens with zero attached hydrogens (tertiary/aromatic N) is 4. The smallest absolute Gasteiger partial charge is 0.744 e. The number of aromatic hydroxyl groups is 1. The Balaban J connectivity index is 0.00000870. The first-order valence-electron chi connectivity index (χ1n) is 14.3. The number of rotatable bonds is 22. The van der Waals surface area contributed by atoms with Crippen molar-refractivity contribution < 1.29 is 205 Å². The van der Waals surface area contributed by atoms with Gasteiger partial charge in [0, 0.05) is 10.8 Å². The molecule has 0 bridgehead atoms. The topological polar surface area (TPSA) is 364 Å². The zero-order chi connectivity index (χ0) is 40.9. The molecular weight excluding hydrogens is 971 g/mol. The molecule has 60 heavy (non-hydrogen) atoms. The van der Waals surface area contributed by atoms with Gasteiger partial charge < -0.3 is 31.2 Å². The molecule has 0 aliphatic rings. The van der Waals surface area contributed by atoms with Crippen LogP contribution in [0.5, 0.6) is 5.75 Å². The van der Waals surface area contributed by atoms with Crippen LogP contribution in [-0.2, 0) is 66.3 Å². The summed E-state index contributed by atoms with van der Waals surface area (Å²) in [6.07, 6.45) is 0. The molecule has 34 heteroatoms. The maximum absolute atomic E-state index is 12.9. The van der Waals surface area contributed by atoms with Crippen LogP contribution in [-0.4, -0.2) is 59.6 Å². The molecule has 0 unspecified atom stereocenters. The third-order valence-electron chi connectivity index (χ3n) is 6.74. The van der Waals surface area contributed by atoms with Crippen LogP contribution >= 0.6 is 36.7 Å². The van der Waals surface area contributed by atoms with Crippen molar-refractivity contribution in [2.75, 3.05) is 30.5 Å². The Morgan fingerprint density at radius 1 is 0.633 bits per heavy atom. The number of phenolic OH excluding ortho intramolecular Hbond substituents is 1. The zero-order valence-electron chi connectivity index (χ0n) is 31.2. The Kier molecular flexibility index (Phi) is 29.3. The molecule has 0 atom stereocenters. The van der Waals surface area contributed by atoms with Gasteiger partial charge in [0.05, 0.1) is 67.7 Å². The summed E-state index contributed by atoms with van der Waals surface area (Å²) in [5.74, 6) is -1.77. The summed E-state index contributed by atoms with van der Waals surface area (Å²) >= 11 is 0.471. The summed E-state index contributed by atoms with van der Waals surface area (Å²) in [7, 11) is -13.3. The van der Waals surface area contributed by atoms with Gasteiger partial charge in [-0.1, -0.05) is 0 Å². The quantitative estimate of drug-likeness (QED) is 0.0108. The number of nitrogen functional groups attached to an aromatic ring is 1. The van der Waals surface area contributed by atoms with Crippen molar-refractivity contribution in [3.63, 3.8) is 0 Å². The number of phenols is 1. The average molecular weight is 992 g/mol. The largest absolute Gasteiger partial charge is 1.00 e. The maximum atomic E-state index is 12.9. The number of hydrogen-bond donors (Lipinski definition) is 2. The minimum absolute atomic E-state index is 0.